The summed E-state index contributed by atoms with van der Waals surface area (Å²) < 4.78 is 0. The second kappa shape index (κ2) is 9.56. The first kappa shape index (κ1) is 22.0. The van der Waals surface area contributed by atoms with Crippen LogP contribution >= 0.6 is 0 Å². The lowest BCUT2D eigenvalue weighted by atomic mass is 9.91. The summed E-state index contributed by atoms with van der Waals surface area (Å²) in [7, 11) is 0. The van der Waals surface area contributed by atoms with Crippen LogP contribution in [-0.2, 0) is 11.3 Å². The zero-order chi connectivity index (χ0) is 23.5. The van der Waals surface area contributed by atoms with Gasteiger partial charge in [0.2, 0.25) is 5.91 Å². The maximum atomic E-state index is 13.7. The molecule has 0 saturated heterocycles. The second-order valence-electron chi connectivity index (χ2n) is 8.92. The van der Waals surface area contributed by atoms with E-state index in [1.54, 1.807) is 4.90 Å². The number of aromatic nitrogens is 1. The van der Waals surface area contributed by atoms with E-state index in [1.165, 1.54) is 5.56 Å². The smallest absolute Gasteiger partial charge is 0.270 e. The van der Waals surface area contributed by atoms with Crippen LogP contribution in [0.1, 0.15) is 47.3 Å². The number of nitrogens with zero attached hydrogens (tertiary/aromatic N) is 2. The molecule has 1 N–H and O–H groups in total. The van der Waals surface area contributed by atoms with Crippen molar-refractivity contribution in [3.05, 3.63) is 102 Å². The van der Waals surface area contributed by atoms with Crippen molar-refractivity contribution in [3.8, 4) is 0 Å². The normalized spacial score (nSPS) is 16.6. The Bertz CT molecular complexity index is 1280. The average molecular weight is 452 g/mol. The first-order valence-corrected chi connectivity index (χ1v) is 11.9. The monoisotopic (exact) mass is 451 g/mol. The largest absolute Gasteiger partial charge is 0.351 e. The molecule has 34 heavy (non-hydrogen) atoms. The van der Waals surface area contributed by atoms with Crippen molar-refractivity contribution in [1.82, 2.24) is 9.88 Å². The molecule has 5 nitrogen and oxygen atoms in total. The van der Waals surface area contributed by atoms with E-state index in [2.05, 4.69) is 18.0 Å². The molecular weight excluding hydrogens is 422 g/mol. The number of carbonyl (C=O) groups excluding carboxylic acids is 2. The molecule has 4 aromatic rings. The molecule has 1 aliphatic rings. The van der Waals surface area contributed by atoms with Crippen LogP contribution in [0.3, 0.4) is 0 Å². The Labute approximate surface area is 200 Å². The first-order valence-electron chi connectivity index (χ1n) is 11.9. The Kier molecular flexibility index (Phi) is 6.17. The highest BCUT2D eigenvalue weighted by atomic mass is 16.2. The standard InChI is InChI=1S/C29H29N3O2/c1-2-22-16-17-31(29(34)26-18-23-12-6-8-14-25(23)30-26)20-28(33)32(19-21-10-4-3-5-11-21)27-15-9-7-13-24(22)27/h3-15,18,22,30H,2,16-17,19-20H2,1H3. The van der Waals surface area contributed by atoms with Crippen LogP contribution in [0.2, 0.25) is 0 Å². The van der Waals surface area contributed by atoms with E-state index < -0.39 is 0 Å². The maximum Gasteiger partial charge on any atom is 0.270 e. The molecule has 0 spiro atoms. The van der Waals surface area contributed by atoms with Gasteiger partial charge in [-0.15, -0.1) is 0 Å². The van der Waals surface area contributed by atoms with Gasteiger partial charge in [0.25, 0.3) is 5.91 Å². The number of carbonyl (C=O) groups is 2. The van der Waals surface area contributed by atoms with E-state index in [-0.39, 0.29) is 24.3 Å². The highest BCUT2D eigenvalue weighted by Gasteiger charge is 2.29. The number of anilines is 1. The fraction of sp³-hybridized carbons (Fsp3) is 0.241. The summed E-state index contributed by atoms with van der Waals surface area (Å²) >= 11 is 0. The number of H-pyrrole nitrogens is 1. The fourth-order valence-corrected chi connectivity index (χ4v) is 4.90. The third-order valence-electron chi connectivity index (χ3n) is 6.77. The summed E-state index contributed by atoms with van der Waals surface area (Å²) in [5.74, 6) is 0.0564. The zero-order valence-electron chi connectivity index (χ0n) is 19.4. The van der Waals surface area contributed by atoms with Crippen LogP contribution in [0.25, 0.3) is 10.9 Å². The molecule has 1 unspecified atom stereocenters. The summed E-state index contributed by atoms with van der Waals surface area (Å²) in [5, 5.41) is 0.992. The van der Waals surface area contributed by atoms with Gasteiger partial charge in [-0.25, -0.2) is 0 Å². The Morgan fingerprint density at radius 3 is 2.50 bits per heavy atom. The van der Waals surface area contributed by atoms with Crippen LogP contribution < -0.4 is 4.90 Å². The van der Waals surface area contributed by atoms with Crippen molar-refractivity contribution in [1.29, 1.82) is 0 Å². The number of aromatic amines is 1. The molecule has 172 valence electrons. The molecule has 1 atom stereocenters. The van der Waals surface area contributed by atoms with Gasteiger partial charge in [0, 0.05) is 23.1 Å². The number of nitrogens with one attached hydrogen (secondary N) is 1. The Morgan fingerprint density at radius 2 is 1.71 bits per heavy atom. The van der Waals surface area contributed by atoms with Gasteiger partial charge in [-0.1, -0.05) is 73.7 Å². The van der Waals surface area contributed by atoms with Gasteiger partial charge in [0.15, 0.2) is 0 Å². The number of benzene rings is 3. The lowest BCUT2D eigenvalue weighted by Gasteiger charge is -2.27. The van der Waals surface area contributed by atoms with Crippen molar-refractivity contribution >= 4 is 28.4 Å². The third kappa shape index (κ3) is 4.34. The van der Waals surface area contributed by atoms with Gasteiger partial charge in [0.1, 0.15) is 12.2 Å². The summed E-state index contributed by atoms with van der Waals surface area (Å²) in [4.78, 5) is 34.1. The summed E-state index contributed by atoms with van der Waals surface area (Å²) in [6, 6.07) is 27.9. The molecule has 2 heterocycles. The zero-order valence-corrected chi connectivity index (χ0v) is 19.4. The van der Waals surface area contributed by atoms with E-state index in [1.807, 2.05) is 83.8 Å². The van der Waals surface area contributed by atoms with Crippen LogP contribution in [0.4, 0.5) is 5.69 Å². The second-order valence-corrected chi connectivity index (χ2v) is 8.92. The van der Waals surface area contributed by atoms with E-state index >= 15 is 0 Å². The fourth-order valence-electron chi connectivity index (χ4n) is 4.90. The molecule has 0 bridgehead atoms. The van der Waals surface area contributed by atoms with Crippen LogP contribution in [0, 0.1) is 0 Å². The Morgan fingerprint density at radius 1 is 0.971 bits per heavy atom. The number of rotatable bonds is 4. The quantitative estimate of drug-likeness (QED) is 0.430. The highest BCUT2D eigenvalue weighted by molar-refractivity contribution is 6.02. The van der Waals surface area contributed by atoms with Crippen molar-refractivity contribution in [2.45, 2.75) is 32.2 Å². The van der Waals surface area contributed by atoms with Crippen LogP contribution in [-0.4, -0.2) is 34.8 Å². The molecule has 2 amide bonds. The van der Waals surface area contributed by atoms with E-state index in [4.69, 9.17) is 0 Å². The average Bonchev–Trinajstić information content (AvgIpc) is 3.33. The molecule has 1 aliphatic heterocycles. The molecule has 0 saturated carbocycles. The molecular formula is C29H29N3O2. The summed E-state index contributed by atoms with van der Waals surface area (Å²) in [6.07, 6.45) is 1.75. The predicted molar refractivity (Wildman–Crippen MR) is 136 cm³/mol. The van der Waals surface area contributed by atoms with Gasteiger partial charge in [-0.2, -0.15) is 0 Å². The maximum absolute atomic E-state index is 13.7. The van der Waals surface area contributed by atoms with Gasteiger partial charge in [0.05, 0.1) is 6.54 Å². The lowest BCUT2D eigenvalue weighted by molar-refractivity contribution is -0.119. The van der Waals surface area contributed by atoms with Gasteiger partial charge in [-0.05, 0) is 48.1 Å². The number of fused-ring (bicyclic) bond motifs is 2. The molecule has 0 radical (unpaired) electrons. The number of hydrogen-bond donors (Lipinski definition) is 1. The minimum atomic E-state index is -0.134. The van der Waals surface area contributed by atoms with E-state index in [9.17, 15) is 9.59 Å². The Balaban J connectivity index is 1.51. The van der Waals surface area contributed by atoms with E-state index in [0.717, 1.165) is 35.0 Å². The number of amides is 2. The van der Waals surface area contributed by atoms with Gasteiger partial charge in [-0.3, -0.25) is 9.59 Å². The van der Waals surface area contributed by atoms with Crippen molar-refractivity contribution in [3.63, 3.8) is 0 Å². The summed E-state index contributed by atoms with van der Waals surface area (Å²) in [5.41, 5.74) is 4.63. The topological polar surface area (TPSA) is 56.4 Å². The van der Waals surface area contributed by atoms with Gasteiger partial charge < -0.3 is 14.8 Å². The Hall–Kier alpha value is -3.86. The number of hydrogen-bond acceptors (Lipinski definition) is 2. The predicted octanol–water partition coefficient (Wildman–Crippen LogP) is 5.74. The first-order chi connectivity index (χ1) is 16.6. The molecule has 3 aromatic carbocycles. The summed E-state index contributed by atoms with van der Waals surface area (Å²) in [6.45, 7) is 3.23. The van der Waals surface area contributed by atoms with Crippen molar-refractivity contribution in [2.24, 2.45) is 0 Å². The molecule has 5 rings (SSSR count). The SMILES string of the molecule is CCC1CCN(C(=O)c2cc3ccccc3[nH]2)CC(=O)N(Cc2ccccc2)c2ccccc21. The third-order valence-corrected chi connectivity index (χ3v) is 6.77. The lowest BCUT2D eigenvalue weighted by Crippen LogP contribution is -2.43. The number of para-hydroxylation sites is 2. The van der Waals surface area contributed by atoms with Crippen LogP contribution in [0.5, 0.6) is 0 Å². The van der Waals surface area contributed by atoms with Gasteiger partial charge >= 0.3 is 0 Å². The minimum absolute atomic E-state index is 0.0474. The minimum Gasteiger partial charge on any atom is -0.351 e. The van der Waals surface area contributed by atoms with Crippen molar-refractivity contribution < 1.29 is 9.59 Å². The van der Waals surface area contributed by atoms with Crippen LogP contribution in [0.15, 0.2) is 84.9 Å². The molecule has 5 heteroatoms. The molecule has 0 fully saturated rings. The van der Waals surface area contributed by atoms with Crippen molar-refractivity contribution in [2.75, 3.05) is 18.0 Å². The molecule has 1 aromatic heterocycles. The highest BCUT2D eigenvalue weighted by Crippen LogP contribution is 2.34. The van der Waals surface area contributed by atoms with E-state index in [0.29, 0.717) is 18.8 Å². The molecule has 0 aliphatic carbocycles.